The Hall–Kier alpha value is -1.85. The van der Waals surface area contributed by atoms with Gasteiger partial charge < -0.3 is 15.0 Å². The summed E-state index contributed by atoms with van der Waals surface area (Å²) in [6, 6.07) is 8.27. The summed E-state index contributed by atoms with van der Waals surface area (Å²) >= 11 is 0. The summed E-state index contributed by atoms with van der Waals surface area (Å²) < 4.78 is 0. The number of H-pyrrole nitrogens is 1. The number of para-hydroxylation sites is 1. The monoisotopic (exact) mass is 371 g/mol. The van der Waals surface area contributed by atoms with Crippen LogP contribution in [0.15, 0.2) is 24.3 Å². The van der Waals surface area contributed by atoms with E-state index in [0.29, 0.717) is 26.1 Å². The minimum absolute atomic E-state index is 0.0290. The van der Waals surface area contributed by atoms with Crippen LogP contribution in [-0.2, 0) is 11.3 Å². The Kier molecular flexibility index (Phi) is 5.37. The molecule has 0 unspecified atom stereocenters. The maximum Gasteiger partial charge on any atom is 0.255 e. The van der Waals surface area contributed by atoms with E-state index in [2.05, 4.69) is 49.7 Å². The number of carbonyl (C=O) groups excluding carboxylic acids is 1. The van der Waals surface area contributed by atoms with Crippen molar-refractivity contribution in [3.8, 4) is 0 Å². The number of amides is 1. The van der Waals surface area contributed by atoms with Crippen molar-refractivity contribution in [1.29, 1.82) is 0 Å². The second-order valence-corrected chi connectivity index (χ2v) is 9.37. The van der Waals surface area contributed by atoms with Crippen LogP contribution >= 0.6 is 0 Å². The molecule has 1 aromatic heterocycles. The molecular weight excluding hydrogens is 338 g/mol. The SMILES string of the molecule is Cc1c(CN(C)C[C@]2(O)CCCN(CC(C)(C)C)C2=O)[nH]c2ccccc12. The second-order valence-electron chi connectivity index (χ2n) is 9.37. The van der Waals surface area contributed by atoms with E-state index in [1.54, 1.807) is 0 Å². The third kappa shape index (κ3) is 4.36. The number of aryl methyl sites for hydroxylation is 1. The molecule has 1 atom stereocenters. The normalized spacial score (nSPS) is 21.4. The maximum absolute atomic E-state index is 13.0. The highest BCUT2D eigenvalue weighted by atomic mass is 16.3. The maximum atomic E-state index is 13.0. The van der Waals surface area contributed by atoms with Crippen molar-refractivity contribution in [2.75, 3.05) is 26.7 Å². The predicted octanol–water partition coefficient (Wildman–Crippen LogP) is 3.31. The molecule has 3 rings (SSSR count). The molecule has 0 bridgehead atoms. The van der Waals surface area contributed by atoms with Crippen LogP contribution in [0.1, 0.15) is 44.9 Å². The Morgan fingerprint density at radius 2 is 2.00 bits per heavy atom. The van der Waals surface area contributed by atoms with Gasteiger partial charge in [0.2, 0.25) is 0 Å². The van der Waals surface area contributed by atoms with Gasteiger partial charge in [-0.05, 0) is 43.9 Å². The first-order valence-electron chi connectivity index (χ1n) is 9.86. The van der Waals surface area contributed by atoms with Gasteiger partial charge in [-0.25, -0.2) is 0 Å². The van der Waals surface area contributed by atoms with Gasteiger partial charge in [0.05, 0.1) is 0 Å². The standard InChI is InChI=1S/C22H33N3O2/c1-16-17-9-6-7-10-18(17)23-19(16)13-24(5)15-22(27)11-8-12-25(20(22)26)14-21(2,3)4/h6-7,9-10,23,27H,8,11-15H2,1-5H3/t22-/m1/s1. The van der Waals surface area contributed by atoms with E-state index in [9.17, 15) is 9.90 Å². The molecule has 1 aromatic carbocycles. The van der Waals surface area contributed by atoms with Gasteiger partial charge >= 0.3 is 0 Å². The number of aliphatic hydroxyl groups is 1. The lowest BCUT2D eigenvalue weighted by Gasteiger charge is -2.42. The van der Waals surface area contributed by atoms with E-state index in [-0.39, 0.29) is 11.3 Å². The minimum atomic E-state index is -1.29. The molecule has 0 radical (unpaired) electrons. The summed E-state index contributed by atoms with van der Waals surface area (Å²) in [7, 11) is 1.97. The Bertz CT molecular complexity index is 821. The van der Waals surface area contributed by atoms with Gasteiger partial charge in [-0.15, -0.1) is 0 Å². The molecular formula is C22H33N3O2. The lowest BCUT2D eigenvalue weighted by Crippen LogP contribution is -2.59. The van der Waals surface area contributed by atoms with Crippen molar-refractivity contribution in [2.45, 2.75) is 52.7 Å². The van der Waals surface area contributed by atoms with E-state index < -0.39 is 5.60 Å². The molecule has 0 saturated carbocycles. The van der Waals surface area contributed by atoms with Crippen LogP contribution in [0.3, 0.4) is 0 Å². The average Bonchev–Trinajstić information content (AvgIpc) is 2.87. The third-order valence-electron chi connectivity index (χ3n) is 5.40. The van der Waals surface area contributed by atoms with Crippen LogP contribution < -0.4 is 0 Å². The molecule has 5 heteroatoms. The Balaban J connectivity index is 1.71. The van der Waals surface area contributed by atoms with Crippen LogP contribution in [0.25, 0.3) is 10.9 Å². The molecule has 0 spiro atoms. The zero-order valence-electron chi connectivity index (χ0n) is 17.3. The number of hydrogen-bond acceptors (Lipinski definition) is 3. The molecule has 1 amide bonds. The van der Waals surface area contributed by atoms with Gasteiger partial charge in [0.1, 0.15) is 0 Å². The number of nitrogens with one attached hydrogen (secondary N) is 1. The molecule has 1 saturated heterocycles. The van der Waals surface area contributed by atoms with E-state index >= 15 is 0 Å². The first kappa shape index (κ1) is 19.9. The molecule has 2 heterocycles. The van der Waals surface area contributed by atoms with Crippen molar-refractivity contribution in [1.82, 2.24) is 14.8 Å². The zero-order valence-corrected chi connectivity index (χ0v) is 17.3. The van der Waals surface area contributed by atoms with Crippen molar-refractivity contribution >= 4 is 16.8 Å². The number of fused-ring (bicyclic) bond motifs is 1. The highest BCUT2D eigenvalue weighted by Crippen LogP contribution is 2.28. The zero-order chi connectivity index (χ0) is 19.8. The molecule has 0 aliphatic carbocycles. The van der Waals surface area contributed by atoms with Gasteiger partial charge in [-0.2, -0.15) is 0 Å². The third-order valence-corrected chi connectivity index (χ3v) is 5.40. The fourth-order valence-corrected chi connectivity index (χ4v) is 4.20. The van der Waals surface area contributed by atoms with Crippen molar-refractivity contribution in [3.63, 3.8) is 0 Å². The molecule has 1 aliphatic rings. The number of carbonyl (C=O) groups is 1. The van der Waals surface area contributed by atoms with Crippen molar-refractivity contribution in [2.24, 2.45) is 5.41 Å². The molecule has 2 aromatic rings. The summed E-state index contributed by atoms with van der Waals surface area (Å²) in [4.78, 5) is 20.3. The fraction of sp³-hybridized carbons (Fsp3) is 0.591. The number of aromatic nitrogens is 1. The smallest absolute Gasteiger partial charge is 0.255 e. The van der Waals surface area contributed by atoms with E-state index in [1.165, 1.54) is 10.9 Å². The summed E-state index contributed by atoms with van der Waals surface area (Å²) in [6.07, 6.45) is 1.38. The van der Waals surface area contributed by atoms with Crippen LogP contribution in [0, 0.1) is 12.3 Å². The number of rotatable bonds is 5. The van der Waals surface area contributed by atoms with E-state index in [0.717, 1.165) is 24.2 Å². The van der Waals surface area contributed by atoms with Crippen LogP contribution in [0.2, 0.25) is 0 Å². The van der Waals surface area contributed by atoms with E-state index in [1.807, 2.05) is 24.1 Å². The lowest BCUT2D eigenvalue weighted by molar-refractivity contribution is -0.160. The number of likely N-dealkylation sites (N-methyl/N-ethyl adjacent to an activating group) is 1. The molecule has 2 N–H and O–H groups in total. The van der Waals surface area contributed by atoms with Crippen LogP contribution in [0.5, 0.6) is 0 Å². The molecule has 5 nitrogen and oxygen atoms in total. The predicted molar refractivity (Wildman–Crippen MR) is 110 cm³/mol. The average molecular weight is 372 g/mol. The Labute approximate surface area is 162 Å². The largest absolute Gasteiger partial charge is 0.379 e. The Morgan fingerprint density at radius 1 is 1.30 bits per heavy atom. The second kappa shape index (κ2) is 7.28. The summed E-state index contributed by atoms with van der Waals surface area (Å²) in [5.41, 5.74) is 2.23. The van der Waals surface area contributed by atoms with Crippen LogP contribution in [-0.4, -0.2) is 58.1 Å². The summed E-state index contributed by atoms with van der Waals surface area (Å²) in [5, 5.41) is 12.3. The topological polar surface area (TPSA) is 59.6 Å². The van der Waals surface area contributed by atoms with Gasteiger partial charge in [-0.3, -0.25) is 9.69 Å². The summed E-state index contributed by atoms with van der Waals surface area (Å²) in [5.74, 6) is -0.121. The number of aromatic amines is 1. The number of hydrogen-bond donors (Lipinski definition) is 2. The molecule has 1 fully saturated rings. The first-order chi connectivity index (χ1) is 12.6. The van der Waals surface area contributed by atoms with E-state index in [4.69, 9.17) is 0 Å². The molecule has 27 heavy (non-hydrogen) atoms. The Morgan fingerprint density at radius 3 is 2.67 bits per heavy atom. The van der Waals surface area contributed by atoms with Crippen LogP contribution in [0.4, 0.5) is 0 Å². The van der Waals surface area contributed by atoms with Crippen molar-refractivity contribution < 1.29 is 9.90 Å². The quantitative estimate of drug-likeness (QED) is 0.848. The number of benzene rings is 1. The first-order valence-corrected chi connectivity index (χ1v) is 9.86. The highest BCUT2D eigenvalue weighted by molar-refractivity contribution is 5.86. The lowest BCUT2D eigenvalue weighted by atomic mass is 9.88. The van der Waals surface area contributed by atoms with Gasteiger partial charge in [-0.1, -0.05) is 39.0 Å². The molecule has 148 valence electrons. The fourth-order valence-electron chi connectivity index (χ4n) is 4.20. The molecule has 1 aliphatic heterocycles. The number of likely N-dealkylation sites (tertiary alicyclic amines) is 1. The number of nitrogens with zero attached hydrogens (tertiary/aromatic N) is 2. The van der Waals surface area contributed by atoms with Gasteiger partial charge in [0.25, 0.3) is 5.91 Å². The summed E-state index contributed by atoms with van der Waals surface area (Å²) in [6.45, 7) is 10.9. The number of piperidine rings is 1. The minimum Gasteiger partial charge on any atom is -0.379 e. The van der Waals surface area contributed by atoms with Gasteiger partial charge in [0, 0.05) is 42.8 Å². The van der Waals surface area contributed by atoms with Gasteiger partial charge in [0.15, 0.2) is 5.60 Å². The highest BCUT2D eigenvalue weighted by Gasteiger charge is 2.43. The van der Waals surface area contributed by atoms with Crippen molar-refractivity contribution in [3.05, 3.63) is 35.5 Å².